The third-order valence-electron chi connectivity index (χ3n) is 2.47. The number of benzene rings is 1. The number of anilines is 1. The molecule has 1 heterocycles. The van der Waals surface area contributed by atoms with Gasteiger partial charge in [-0.2, -0.15) is 8.75 Å². The molecule has 0 radical (unpaired) electrons. The van der Waals surface area contributed by atoms with E-state index in [4.69, 9.17) is 16.3 Å². The van der Waals surface area contributed by atoms with E-state index >= 15 is 0 Å². The molecule has 0 amide bonds. The molecule has 0 saturated carbocycles. The maximum Gasteiger partial charge on any atom is 0.186 e. The number of halogens is 1. The summed E-state index contributed by atoms with van der Waals surface area (Å²) in [6.07, 6.45) is 0. The summed E-state index contributed by atoms with van der Waals surface area (Å²) in [4.78, 5) is 0. The summed E-state index contributed by atoms with van der Waals surface area (Å²) in [5.74, 6) is 0.632. The number of nitrogens with one attached hydrogen (secondary N) is 1. The Kier molecular flexibility index (Phi) is 4.92. The van der Waals surface area contributed by atoms with E-state index < -0.39 is 0 Å². The number of hydrogen-bond acceptors (Lipinski definition) is 5. The van der Waals surface area contributed by atoms with Gasteiger partial charge >= 0.3 is 0 Å². The van der Waals surface area contributed by atoms with Crippen LogP contribution in [-0.4, -0.2) is 15.4 Å². The van der Waals surface area contributed by atoms with Gasteiger partial charge in [0.25, 0.3) is 0 Å². The molecular weight excluding hydrogens is 270 g/mol. The minimum atomic E-state index is 0.419. The second kappa shape index (κ2) is 6.68. The van der Waals surface area contributed by atoms with Crippen molar-refractivity contribution in [1.29, 1.82) is 0 Å². The van der Waals surface area contributed by atoms with E-state index in [-0.39, 0.29) is 0 Å². The van der Waals surface area contributed by atoms with Gasteiger partial charge in [0.2, 0.25) is 0 Å². The van der Waals surface area contributed by atoms with Crippen molar-refractivity contribution in [3.8, 4) is 0 Å². The van der Waals surface area contributed by atoms with Crippen molar-refractivity contribution in [2.75, 3.05) is 11.9 Å². The fourth-order valence-corrected chi connectivity index (χ4v) is 2.23. The van der Waals surface area contributed by atoms with Crippen LogP contribution in [0.5, 0.6) is 0 Å². The predicted octanol–water partition coefficient (Wildman–Crippen LogP) is 3.34. The Balaban J connectivity index is 2.02. The normalized spacial score (nSPS) is 10.6. The molecule has 2 rings (SSSR count). The van der Waals surface area contributed by atoms with Crippen molar-refractivity contribution < 1.29 is 4.74 Å². The van der Waals surface area contributed by atoms with Crippen LogP contribution in [0.15, 0.2) is 24.3 Å². The lowest BCUT2D eigenvalue weighted by molar-refractivity contribution is 0.133. The van der Waals surface area contributed by atoms with Crippen LogP contribution < -0.4 is 5.32 Å². The van der Waals surface area contributed by atoms with Gasteiger partial charge in [-0.3, -0.25) is 0 Å². The van der Waals surface area contributed by atoms with Crippen molar-refractivity contribution in [3.63, 3.8) is 0 Å². The molecule has 0 bridgehead atoms. The van der Waals surface area contributed by atoms with Crippen LogP contribution in [-0.2, 0) is 17.9 Å². The SMILES string of the molecule is CCOCc1ccccc1CNc1nsnc1Cl. The third-order valence-corrected chi connectivity index (χ3v) is 3.37. The first-order chi connectivity index (χ1) is 8.81. The number of nitrogens with zero attached hydrogens (tertiary/aromatic N) is 2. The number of aromatic nitrogens is 2. The second-order valence-electron chi connectivity index (χ2n) is 3.66. The van der Waals surface area contributed by atoms with E-state index in [2.05, 4.69) is 26.2 Å². The Morgan fingerprint density at radius 3 is 2.72 bits per heavy atom. The highest BCUT2D eigenvalue weighted by Crippen LogP contribution is 2.19. The van der Waals surface area contributed by atoms with Crippen molar-refractivity contribution in [2.45, 2.75) is 20.1 Å². The Bertz CT molecular complexity index is 504. The zero-order valence-electron chi connectivity index (χ0n) is 10.0. The first kappa shape index (κ1) is 13.3. The van der Waals surface area contributed by atoms with E-state index in [1.807, 2.05) is 19.1 Å². The van der Waals surface area contributed by atoms with Gasteiger partial charge in [0, 0.05) is 13.2 Å². The zero-order chi connectivity index (χ0) is 12.8. The fraction of sp³-hybridized carbons (Fsp3) is 0.333. The Hall–Kier alpha value is -1.17. The minimum Gasteiger partial charge on any atom is -0.377 e. The van der Waals surface area contributed by atoms with Crippen LogP contribution in [0, 0.1) is 0 Å². The summed E-state index contributed by atoms with van der Waals surface area (Å²) in [5, 5.41) is 3.59. The van der Waals surface area contributed by atoms with Gasteiger partial charge in [-0.25, -0.2) is 0 Å². The molecule has 1 aromatic carbocycles. The fourth-order valence-electron chi connectivity index (χ4n) is 1.54. The number of rotatable bonds is 6. The molecule has 0 fully saturated rings. The molecule has 4 nitrogen and oxygen atoms in total. The van der Waals surface area contributed by atoms with E-state index in [9.17, 15) is 0 Å². The average Bonchev–Trinajstić information content (AvgIpc) is 2.80. The molecule has 2 aromatic rings. The van der Waals surface area contributed by atoms with Crippen LogP contribution in [0.1, 0.15) is 18.1 Å². The van der Waals surface area contributed by atoms with Gasteiger partial charge in [0.1, 0.15) is 0 Å². The maximum absolute atomic E-state index is 5.88. The largest absolute Gasteiger partial charge is 0.377 e. The van der Waals surface area contributed by atoms with E-state index in [0.717, 1.165) is 11.7 Å². The molecule has 0 saturated heterocycles. The summed E-state index contributed by atoms with van der Waals surface area (Å²) in [7, 11) is 0. The summed E-state index contributed by atoms with van der Waals surface area (Å²) < 4.78 is 13.4. The third kappa shape index (κ3) is 3.41. The van der Waals surface area contributed by atoms with Crippen molar-refractivity contribution >= 4 is 29.1 Å². The van der Waals surface area contributed by atoms with Gasteiger partial charge in [0.05, 0.1) is 18.3 Å². The quantitative estimate of drug-likeness (QED) is 0.883. The highest BCUT2D eigenvalue weighted by molar-refractivity contribution is 6.99. The van der Waals surface area contributed by atoms with Gasteiger partial charge in [-0.15, -0.1) is 0 Å². The number of hydrogen-bond donors (Lipinski definition) is 1. The molecule has 0 unspecified atom stereocenters. The molecule has 1 aromatic heterocycles. The summed E-state index contributed by atoms with van der Waals surface area (Å²) >= 11 is 6.98. The maximum atomic E-state index is 5.88. The van der Waals surface area contributed by atoms with Crippen LogP contribution in [0.4, 0.5) is 5.82 Å². The second-order valence-corrected chi connectivity index (χ2v) is 4.55. The number of ether oxygens (including phenoxy) is 1. The topological polar surface area (TPSA) is 47.0 Å². The lowest BCUT2D eigenvalue weighted by Crippen LogP contribution is -2.04. The molecule has 18 heavy (non-hydrogen) atoms. The van der Waals surface area contributed by atoms with Crippen LogP contribution in [0.3, 0.4) is 0 Å². The van der Waals surface area contributed by atoms with Crippen LogP contribution >= 0.6 is 23.3 Å². The molecule has 0 aliphatic heterocycles. The summed E-state index contributed by atoms with van der Waals surface area (Å²) in [6, 6.07) is 8.14. The molecular formula is C12H14ClN3OS. The summed E-state index contributed by atoms with van der Waals surface area (Å²) in [5.41, 5.74) is 2.35. The predicted molar refractivity (Wildman–Crippen MR) is 74.0 cm³/mol. The first-order valence-electron chi connectivity index (χ1n) is 5.67. The Morgan fingerprint density at radius 2 is 2.06 bits per heavy atom. The lowest BCUT2D eigenvalue weighted by Gasteiger charge is -2.10. The van der Waals surface area contributed by atoms with Gasteiger partial charge < -0.3 is 10.1 Å². The minimum absolute atomic E-state index is 0.419. The molecule has 1 N–H and O–H groups in total. The summed E-state index contributed by atoms with van der Waals surface area (Å²) in [6.45, 7) is 3.98. The molecule has 0 spiro atoms. The smallest absolute Gasteiger partial charge is 0.186 e. The molecule has 0 aliphatic carbocycles. The highest BCUT2D eigenvalue weighted by atomic mass is 35.5. The average molecular weight is 284 g/mol. The molecule has 96 valence electrons. The van der Waals surface area contributed by atoms with Gasteiger partial charge in [0.15, 0.2) is 11.0 Å². The standard InChI is InChI=1S/C12H14ClN3OS/c1-2-17-8-10-6-4-3-5-9(10)7-14-12-11(13)15-18-16-12/h3-6H,2,7-8H2,1H3,(H,14,16). The first-order valence-corrected chi connectivity index (χ1v) is 6.78. The molecule has 6 heteroatoms. The van der Waals surface area contributed by atoms with Gasteiger partial charge in [-0.1, -0.05) is 35.9 Å². The van der Waals surface area contributed by atoms with E-state index in [1.165, 1.54) is 11.1 Å². The lowest BCUT2D eigenvalue weighted by atomic mass is 10.1. The Morgan fingerprint density at radius 1 is 1.28 bits per heavy atom. The molecule has 0 aliphatic rings. The van der Waals surface area contributed by atoms with E-state index in [1.54, 1.807) is 0 Å². The van der Waals surface area contributed by atoms with Gasteiger partial charge in [-0.05, 0) is 18.1 Å². The van der Waals surface area contributed by atoms with Crippen LogP contribution in [0.2, 0.25) is 5.15 Å². The van der Waals surface area contributed by atoms with E-state index in [0.29, 0.717) is 30.7 Å². The highest BCUT2D eigenvalue weighted by Gasteiger charge is 2.06. The van der Waals surface area contributed by atoms with Crippen molar-refractivity contribution in [2.24, 2.45) is 0 Å². The molecule has 0 atom stereocenters. The van der Waals surface area contributed by atoms with Crippen molar-refractivity contribution in [1.82, 2.24) is 8.75 Å². The zero-order valence-corrected chi connectivity index (χ0v) is 11.6. The van der Waals surface area contributed by atoms with Crippen molar-refractivity contribution in [3.05, 3.63) is 40.5 Å². The Labute approximate surface area is 115 Å². The van der Waals surface area contributed by atoms with Crippen LogP contribution in [0.25, 0.3) is 0 Å². The monoisotopic (exact) mass is 283 g/mol.